The van der Waals surface area contributed by atoms with Crippen molar-refractivity contribution in [2.45, 2.75) is 38.8 Å². The number of benzene rings is 2. The van der Waals surface area contributed by atoms with Crippen molar-refractivity contribution in [1.29, 1.82) is 0 Å². The van der Waals surface area contributed by atoms with E-state index >= 15 is 0 Å². The summed E-state index contributed by atoms with van der Waals surface area (Å²) in [6, 6.07) is 16.6. The van der Waals surface area contributed by atoms with Crippen LogP contribution in [0.4, 0.5) is 5.69 Å². The third-order valence-electron chi connectivity index (χ3n) is 3.87. The molecule has 2 aromatic rings. The molecule has 22 heavy (non-hydrogen) atoms. The average Bonchev–Trinajstić information content (AvgIpc) is 2.51. The molecule has 0 fully saturated rings. The molecule has 0 saturated carbocycles. The summed E-state index contributed by atoms with van der Waals surface area (Å²) in [6.07, 6.45) is 1.12. The number of hydrogen-bond donors (Lipinski definition) is 3. The largest absolute Gasteiger partial charge is 0.391 e. The predicted octanol–water partition coefficient (Wildman–Crippen LogP) is 2.90. The second kappa shape index (κ2) is 7.97. The van der Waals surface area contributed by atoms with Gasteiger partial charge in [-0.1, -0.05) is 42.0 Å². The van der Waals surface area contributed by atoms with Gasteiger partial charge in [-0.15, -0.1) is 0 Å². The van der Waals surface area contributed by atoms with Crippen molar-refractivity contribution < 1.29 is 5.11 Å². The Morgan fingerprint density at radius 1 is 1.00 bits per heavy atom. The molecule has 2 rings (SSSR count). The van der Waals surface area contributed by atoms with Crippen LogP contribution >= 0.6 is 0 Å². The topological polar surface area (TPSA) is 58.3 Å². The number of hydrogen-bond acceptors (Lipinski definition) is 3. The predicted molar refractivity (Wildman–Crippen MR) is 93.2 cm³/mol. The van der Waals surface area contributed by atoms with E-state index in [0.717, 1.165) is 24.2 Å². The quantitative estimate of drug-likeness (QED) is 0.736. The van der Waals surface area contributed by atoms with E-state index in [9.17, 15) is 5.11 Å². The molecule has 0 aliphatic carbocycles. The molecule has 0 bridgehead atoms. The molecule has 2 aromatic carbocycles. The van der Waals surface area contributed by atoms with Crippen LogP contribution in [0.15, 0.2) is 48.5 Å². The van der Waals surface area contributed by atoms with E-state index in [0.29, 0.717) is 6.42 Å². The van der Waals surface area contributed by atoms with Crippen LogP contribution in [0.25, 0.3) is 0 Å². The fourth-order valence-electron chi connectivity index (χ4n) is 2.29. The Kier molecular flexibility index (Phi) is 5.99. The Morgan fingerprint density at radius 3 is 2.18 bits per heavy atom. The summed E-state index contributed by atoms with van der Waals surface area (Å²) in [6.45, 7) is 4.84. The van der Waals surface area contributed by atoms with Gasteiger partial charge in [0.2, 0.25) is 0 Å². The molecule has 0 heterocycles. The van der Waals surface area contributed by atoms with Crippen LogP contribution in [0.5, 0.6) is 0 Å². The fraction of sp³-hybridized carbons (Fsp3) is 0.368. The molecule has 0 saturated heterocycles. The Balaban J connectivity index is 1.80. The van der Waals surface area contributed by atoms with Gasteiger partial charge in [-0.05, 0) is 49.9 Å². The molecule has 0 aromatic heterocycles. The fourth-order valence-corrected chi connectivity index (χ4v) is 2.29. The Labute approximate surface area is 133 Å². The summed E-state index contributed by atoms with van der Waals surface area (Å²) in [5, 5.41) is 13.2. The van der Waals surface area contributed by atoms with Gasteiger partial charge < -0.3 is 16.2 Å². The van der Waals surface area contributed by atoms with Gasteiger partial charge in [0, 0.05) is 18.3 Å². The molecule has 0 aliphatic rings. The van der Waals surface area contributed by atoms with Crippen molar-refractivity contribution in [1.82, 2.24) is 0 Å². The lowest BCUT2D eigenvalue weighted by atomic mass is 10.0. The number of nitrogens with one attached hydrogen (secondary N) is 1. The summed E-state index contributed by atoms with van der Waals surface area (Å²) in [5.74, 6) is 0. The SMILES string of the molecule is Cc1ccc(CCNc2ccc(C[C@@H](O)[C@H](C)N)cc2)cc1. The summed E-state index contributed by atoms with van der Waals surface area (Å²) >= 11 is 0. The van der Waals surface area contributed by atoms with Gasteiger partial charge in [0.05, 0.1) is 6.10 Å². The monoisotopic (exact) mass is 298 g/mol. The number of aryl methyl sites for hydroxylation is 1. The summed E-state index contributed by atoms with van der Waals surface area (Å²) < 4.78 is 0. The van der Waals surface area contributed by atoms with Crippen LogP contribution in [0.3, 0.4) is 0 Å². The number of anilines is 1. The van der Waals surface area contributed by atoms with Gasteiger partial charge in [-0.25, -0.2) is 0 Å². The maximum absolute atomic E-state index is 9.80. The van der Waals surface area contributed by atoms with Crippen molar-refractivity contribution in [2.24, 2.45) is 5.73 Å². The van der Waals surface area contributed by atoms with Crippen LogP contribution in [-0.2, 0) is 12.8 Å². The Hall–Kier alpha value is -1.84. The molecule has 0 amide bonds. The molecule has 3 nitrogen and oxygen atoms in total. The maximum atomic E-state index is 9.80. The van der Waals surface area contributed by atoms with Crippen molar-refractivity contribution in [3.05, 3.63) is 65.2 Å². The number of rotatable bonds is 7. The minimum absolute atomic E-state index is 0.202. The van der Waals surface area contributed by atoms with Gasteiger partial charge >= 0.3 is 0 Å². The molecule has 3 heteroatoms. The van der Waals surface area contributed by atoms with Crippen LogP contribution in [0.2, 0.25) is 0 Å². The normalized spacial score (nSPS) is 13.6. The van der Waals surface area contributed by atoms with Crippen molar-refractivity contribution >= 4 is 5.69 Å². The maximum Gasteiger partial charge on any atom is 0.0728 e. The lowest BCUT2D eigenvalue weighted by molar-refractivity contribution is 0.151. The lowest BCUT2D eigenvalue weighted by Gasteiger charge is -2.14. The van der Waals surface area contributed by atoms with E-state index in [1.165, 1.54) is 11.1 Å². The van der Waals surface area contributed by atoms with E-state index < -0.39 is 6.10 Å². The summed E-state index contributed by atoms with van der Waals surface area (Å²) in [4.78, 5) is 0. The van der Waals surface area contributed by atoms with Crippen molar-refractivity contribution in [3.8, 4) is 0 Å². The third kappa shape index (κ3) is 5.17. The minimum atomic E-state index is -0.486. The molecule has 0 unspecified atom stereocenters. The summed E-state index contributed by atoms with van der Waals surface area (Å²) in [5.41, 5.74) is 10.5. The van der Waals surface area contributed by atoms with Gasteiger partial charge in [0.15, 0.2) is 0 Å². The molecule has 118 valence electrons. The van der Waals surface area contributed by atoms with Crippen LogP contribution in [-0.4, -0.2) is 23.8 Å². The second-order valence-corrected chi connectivity index (χ2v) is 5.99. The standard InChI is InChI=1S/C19H26N2O/c1-14-3-5-16(6-4-14)11-12-21-18-9-7-17(8-10-18)13-19(22)15(2)20/h3-10,15,19,21-22H,11-13,20H2,1-2H3/t15-,19+/m0/s1. The summed E-state index contributed by atoms with van der Waals surface area (Å²) in [7, 11) is 0. The highest BCUT2D eigenvalue weighted by Gasteiger charge is 2.09. The van der Waals surface area contributed by atoms with E-state index in [1.54, 1.807) is 0 Å². The molecular formula is C19H26N2O. The lowest BCUT2D eigenvalue weighted by Crippen LogP contribution is -2.33. The van der Waals surface area contributed by atoms with Gasteiger partial charge in [0.25, 0.3) is 0 Å². The van der Waals surface area contributed by atoms with Crippen LogP contribution < -0.4 is 11.1 Å². The van der Waals surface area contributed by atoms with E-state index in [2.05, 4.69) is 48.6 Å². The molecule has 2 atom stereocenters. The highest BCUT2D eigenvalue weighted by Crippen LogP contribution is 2.12. The first-order valence-corrected chi connectivity index (χ1v) is 7.86. The first-order valence-electron chi connectivity index (χ1n) is 7.86. The van der Waals surface area contributed by atoms with E-state index in [1.807, 2.05) is 19.1 Å². The van der Waals surface area contributed by atoms with Crippen LogP contribution in [0, 0.1) is 6.92 Å². The van der Waals surface area contributed by atoms with Gasteiger partial charge in [-0.2, -0.15) is 0 Å². The van der Waals surface area contributed by atoms with E-state index in [-0.39, 0.29) is 6.04 Å². The zero-order valence-corrected chi connectivity index (χ0v) is 13.4. The first-order chi connectivity index (χ1) is 10.5. The highest BCUT2D eigenvalue weighted by molar-refractivity contribution is 5.44. The molecule has 0 spiro atoms. The Morgan fingerprint density at radius 2 is 1.59 bits per heavy atom. The highest BCUT2D eigenvalue weighted by atomic mass is 16.3. The number of aliphatic hydroxyl groups is 1. The number of aliphatic hydroxyl groups excluding tert-OH is 1. The molecule has 0 aliphatic heterocycles. The number of nitrogens with two attached hydrogens (primary N) is 1. The molecule has 0 radical (unpaired) electrons. The second-order valence-electron chi connectivity index (χ2n) is 5.99. The van der Waals surface area contributed by atoms with Crippen LogP contribution in [0.1, 0.15) is 23.6 Å². The van der Waals surface area contributed by atoms with Gasteiger partial charge in [0.1, 0.15) is 0 Å². The molecule has 4 N–H and O–H groups in total. The minimum Gasteiger partial charge on any atom is -0.391 e. The smallest absolute Gasteiger partial charge is 0.0728 e. The zero-order valence-electron chi connectivity index (χ0n) is 13.4. The Bertz CT molecular complexity index is 561. The van der Waals surface area contributed by atoms with Gasteiger partial charge in [-0.3, -0.25) is 0 Å². The third-order valence-corrected chi connectivity index (χ3v) is 3.87. The van der Waals surface area contributed by atoms with E-state index in [4.69, 9.17) is 5.73 Å². The van der Waals surface area contributed by atoms with Crippen molar-refractivity contribution in [3.63, 3.8) is 0 Å². The molecular weight excluding hydrogens is 272 g/mol. The van der Waals surface area contributed by atoms with Crippen molar-refractivity contribution in [2.75, 3.05) is 11.9 Å². The average molecular weight is 298 g/mol. The first kappa shape index (κ1) is 16.5. The zero-order chi connectivity index (χ0) is 15.9.